The van der Waals surface area contributed by atoms with Crippen LogP contribution < -0.4 is 10.2 Å². The Bertz CT molecular complexity index is 890. The standard InChI is InChI=1S/C18H19N5O2/c1-4-23(14-7-5-6-12(2)8-14)18(24)15-10-16(20-11-19-15)21-17-9-13(3)25-22-17/h5-11H,4H2,1-3H3,(H,19,20,21,22). The molecule has 128 valence electrons. The SMILES string of the molecule is CCN(C(=O)c1cc(Nc2cc(C)on2)ncn1)c1cccc(C)c1. The summed E-state index contributed by atoms with van der Waals surface area (Å²) in [6.45, 7) is 6.26. The van der Waals surface area contributed by atoms with Gasteiger partial charge in [-0.1, -0.05) is 17.3 Å². The topological polar surface area (TPSA) is 84.2 Å². The number of hydrogen-bond donors (Lipinski definition) is 1. The lowest BCUT2D eigenvalue weighted by Crippen LogP contribution is -2.31. The van der Waals surface area contributed by atoms with E-state index in [9.17, 15) is 4.79 Å². The van der Waals surface area contributed by atoms with Gasteiger partial charge in [-0.25, -0.2) is 9.97 Å². The lowest BCUT2D eigenvalue weighted by Gasteiger charge is -2.21. The Kier molecular flexibility index (Phi) is 4.74. The fraction of sp³-hybridized carbons (Fsp3) is 0.222. The second-order valence-corrected chi connectivity index (χ2v) is 5.62. The van der Waals surface area contributed by atoms with Crippen molar-refractivity contribution in [3.8, 4) is 0 Å². The number of hydrogen-bond acceptors (Lipinski definition) is 6. The maximum Gasteiger partial charge on any atom is 0.277 e. The van der Waals surface area contributed by atoms with Crippen molar-refractivity contribution >= 4 is 23.2 Å². The zero-order chi connectivity index (χ0) is 17.8. The van der Waals surface area contributed by atoms with Crippen LogP contribution in [0.1, 0.15) is 28.7 Å². The molecular weight excluding hydrogens is 318 g/mol. The molecule has 0 fully saturated rings. The van der Waals surface area contributed by atoms with Crippen LogP contribution in [-0.2, 0) is 0 Å². The number of aromatic nitrogens is 3. The molecule has 0 spiro atoms. The Morgan fingerprint density at radius 2 is 2.00 bits per heavy atom. The molecule has 0 aliphatic carbocycles. The second-order valence-electron chi connectivity index (χ2n) is 5.62. The maximum absolute atomic E-state index is 12.9. The van der Waals surface area contributed by atoms with Crippen molar-refractivity contribution in [2.24, 2.45) is 0 Å². The van der Waals surface area contributed by atoms with Crippen molar-refractivity contribution in [2.45, 2.75) is 20.8 Å². The summed E-state index contributed by atoms with van der Waals surface area (Å²) in [5, 5.41) is 6.85. The summed E-state index contributed by atoms with van der Waals surface area (Å²) in [4.78, 5) is 22.8. The van der Waals surface area contributed by atoms with Gasteiger partial charge < -0.3 is 14.7 Å². The third kappa shape index (κ3) is 3.82. The van der Waals surface area contributed by atoms with Crippen LogP contribution in [0.15, 0.2) is 47.2 Å². The van der Waals surface area contributed by atoms with Gasteiger partial charge in [0.2, 0.25) is 0 Å². The van der Waals surface area contributed by atoms with E-state index >= 15 is 0 Å². The molecule has 0 bridgehead atoms. The van der Waals surface area contributed by atoms with Crippen molar-refractivity contribution in [1.82, 2.24) is 15.1 Å². The lowest BCUT2D eigenvalue weighted by atomic mass is 10.2. The van der Waals surface area contributed by atoms with E-state index in [2.05, 4.69) is 20.4 Å². The van der Waals surface area contributed by atoms with Crippen LogP contribution >= 0.6 is 0 Å². The third-order valence-electron chi connectivity index (χ3n) is 3.65. The Labute approximate surface area is 145 Å². The van der Waals surface area contributed by atoms with Gasteiger partial charge in [0.25, 0.3) is 5.91 Å². The molecule has 0 aliphatic heterocycles. The number of benzene rings is 1. The van der Waals surface area contributed by atoms with Crippen LogP contribution in [0.4, 0.5) is 17.3 Å². The molecule has 25 heavy (non-hydrogen) atoms. The summed E-state index contributed by atoms with van der Waals surface area (Å²) < 4.78 is 5.01. The van der Waals surface area contributed by atoms with Crippen LogP contribution in [0.25, 0.3) is 0 Å². The molecule has 2 aromatic heterocycles. The van der Waals surface area contributed by atoms with Gasteiger partial charge in [-0.2, -0.15) is 0 Å². The van der Waals surface area contributed by atoms with E-state index < -0.39 is 0 Å². The zero-order valence-corrected chi connectivity index (χ0v) is 14.4. The molecule has 2 heterocycles. The highest BCUT2D eigenvalue weighted by Crippen LogP contribution is 2.19. The highest BCUT2D eigenvalue weighted by atomic mass is 16.5. The Morgan fingerprint density at radius 1 is 1.16 bits per heavy atom. The van der Waals surface area contributed by atoms with E-state index in [4.69, 9.17) is 4.52 Å². The van der Waals surface area contributed by atoms with E-state index in [1.165, 1.54) is 6.33 Å². The molecule has 7 heteroatoms. The van der Waals surface area contributed by atoms with Gasteiger partial charge in [-0.15, -0.1) is 0 Å². The fourth-order valence-electron chi connectivity index (χ4n) is 2.48. The summed E-state index contributed by atoms with van der Waals surface area (Å²) in [5.74, 6) is 1.51. The van der Waals surface area contributed by atoms with Crippen molar-refractivity contribution < 1.29 is 9.32 Å². The Balaban J connectivity index is 1.84. The van der Waals surface area contributed by atoms with Crippen molar-refractivity contribution in [3.63, 3.8) is 0 Å². The molecule has 0 aliphatic rings. The molecule has 0 radical (unpaired) electrons. The molecule has 7 nitrogen and oxygen atoms in total. The highest BCUT2D eigenvalue weighted by molar-refractivity contribution is 6.05. The predicted octanol–water partition coefficient (Wildman–Crippen LogP) is 3.49. The molecule has 1 aromatic carbocycles. The van der Waals surface area contributed by atoms with Gasteiger partial charge in [-0.3, -0.25) is 4.79 Å². The number of amides is 1. The van der Waals surface area contributed by atoms with Gasteiger partial charge in [0, 0.05) is 24.4 Å². The van der Waals surface area contributed by atoms with E-state index in [-0.39, 0.29) is 5.91 Å². The highest BCUT2D eigenvalue weighted by Gasteiger charge is 2.18. The molecule has 3 rings (SSSR count). The Hall–Kier alpha value is -3.22. The average Bonchev–Trinajstić information content (AvgIpc) is 3.00. The Morgan fingerprint density at radius 3 is 2.68 bits per heavy atom. The molecular formula is C18H19N5O2. The van der Waals surface area contributed by atoms with Crippen LogP contribution in [0, 0.1) is 13.8 Å². The first-order valence-electron chi connectivity index (χ1n) is 7.97. The molecule has 1 amide bonds. The van der Waals surface area contributed by atoms with Gasteiger partial charge in [0.1, 0.15) is 23.6 Å². The van der Waals surface area contributed by atoms with Gasteiger partial charge in [0.15, 0.2) is 5.82 Å². The van der Waals surface area contributed by atoms with Gasteiger partial charge >= 0.3 is 0 Å². The zero-order valence-electron chi connectivity index (χ0n) is 14.4. The maximum atomic E-state index is 12.9. The molecule has 0 saturated carbocycles. The normalized spacial score (nSPS) is 10.5. The third-order valence-corrected chi connectivity index (χ3v) is 3.65. The predicted molar refractivity (Wildman–Crippen MR) is 95.1 cm³/mol. The molecule has 0 atom stereocenters. The number of nitrogens with zero attached hydrogens (tertiary/aromatic N) is 4. The number of carbonyl (C=O) groups is 1. The van der Waals surface area contributed by atoms with Crippen LogP contribution in [0.5, 0.6) is 0 Å². The van der Waals surface area contributed by atoms with Crippen LogP contribution in [0.2, 0.25) is 0 Å². The molecule has 0 saturated heterocycles. The monoisotopic (exact) mass is 337 g/mol. The number of anilines is 3. The first-order valence-corrected chi connectivity index (χ1v) is 7.97. The minimum Gasteiger partial charge on any atom is -0.360 e. The minimum atomic E-state index is -0.185. The van der Waals surface area contributed by atoms with Crippen LogP contribution in [0.3, 0.4) is 0 Å². The van der Waals surface area contributed by atoms with Crippen molar-refractivity contribution in [3.05, 3.63) is 59.7 Å². The van der Waals surface area contributed by atoms with Crippen molar-refractivity contribution in [2.75, 3.05) is 16.8 Å². The van der Waals surface area contributed by atoms with E-state index in [0.29, 0.717) is 29.6 Å². The van der Waals surface area contributed by atoms with E-state index in [0.717, 1.165) is 11.3 Å². The number of carbonyl (C=O) groups excluding carboxylic acids is 1. The van der Waals surface area contributed by atoms with Gasteiger partial charge in [-0.05, 0) is 38.5 Å². The largest absolute Gasteiger partial charge is 0.360 e. The first-order chi connectivity index (χ1) is 12.1. The minimum absolute atomic E-state index is 0.185. The summed E-state index contributed by atoms with van der Waals surface area (Å²) in [5.41, 5.74) is 2.24. The number of nitrogens with one attached hydrogen (secondary N) is 1. The second kappa shape index (κ2) is 7.12. The summed E-state index contributed by atoms with van der Waals surface area (Å²) in [6, 6.07) is 11.2. The average molecular weight is 337 g/mol. The molecule has 0 unspecified atom stereocenters. The quantitative estimate of drug-likeness (QED) is 0.767. The van der Waals surface area contributed by atoms with Crippen LogP contribution in [-0.4, -0.2) is 27.6 Å². The molecule has 3 aromatic rings. The first kappa shape index (κ1) is 16.6. The summed E-state index contributed by atoms with van der Waals surface area (Å²) in [6.07, 6.45) is 1.35. The molecule has 1 N–H and O–H groups in total. The smallest absolute Gasteiger partial charge is 0.277 e. The van der Waals surface area contributed by atoms with Gasteiger partial charge in [0.05, 0.1) is 0 Å². The number of rotatable bonds is 5. The summed E-state index contributed by atoms with van der Waals surface area (Å²) >= 11 is 0. The lowest BCUT2D eigenvalue weighted by molar-refractivity contribution is 0.0983. The van der Waals surface area contributed by atoms with E-state index in [1.807, 2.05) is 38.1 Å². The summed E-state index contributed by atoms with van der Waals surface area (Å²) in [7, 11) is 0. The van der Waals surface area contributed by atoms with E-state index in [1.54, 1.807) is 24.0 Å². The number of aryl methyl sites for hydroxylation is 2. The van der Waals surface area contributed by atoms with Crippen molar-refractivity contribution in [1.29, 1.82) is 0 Å². The fourth-order valence-corrected chi connectivity index (χ4v) is 2.48.